The number of aryl methyl sites for hydroxylation is 3. The van der Waals surface area contributed by atoms with E-state index >= 15 is 0 Å². The minimum Gasteiger partial charge on any atom is -0.299 e. The van der Waals surface area contributed by atoms with E-state index in [1.165, 1.54) is 5.56 Å². The molecule has 7 nitrogen and oxygen atoms in total. The molecule has 0 aliphatic rings. The van der Waals surface area contributed by atoms with Gasteiger partial charge in [0, 0.05) is 24.0 Å². The number of hydrogen-bond donors (Lipinski definition) is 1. The summed E-state index contributed by atoms with van der Waals surface area (Å²) >= 11 is 0. The van der Waals surface area contributed by atoms with Crippen molar-refractivity contribution in [2.24, 2.45) is 0 Å². The lowest BCUT2D eigenvalue weighted by molar-refractivity contribution is 0.630. The molecule has 0 saturated heterocycles. The number of imidazole rings is 1. The summed E-state index contributed by atoms with van der Waals surface area (Å²) in [4.78, 5) is 13.1. The molecule has 34 heavy (non-hydrogen) atoms. The fraction of sp³-hybridized carbons (Fsp3) is 0.185. The fourth-order valence-corrected chi connectivity index (χ4v) is 4.28. The van der Waals surface area contributed by atoms with E-state index < -0.39 is 0 Å². The van der Waals surface area contributed by atoms with Gasteiger partial charge in [0.2, 0.25) is 0 Å². The van der Waals surface area contributed by atoms with Crippen LogP contribution in [0.15, 0.2) is 89.9 Å². The molecule has 0 amide bonds. The molecule has 0 aliphatic carbocycles. The van der Waals surface area contributed by atoms with Gasteiger partial charge < -0.3 is 0 Å². The number of aromatic amines is 1. The Kier molecular flexibility index (Phi) is 6.16. The van der Waals surface area contributed by atoms with Gasteiger partial charge in [-0.25, -0.2) is 9.89 Å². The number of tetrazole rings is 1. The van der Waals surface area contributed by atoms with Crippen molar-refractivity contribution in [2.45, 2.75) is 32.9 Å². The fourth-order valence-electron chi connectivity index (χ4n) is 4.28. The lowest BCUT2D eigenvalue weighted by Crippen LogP contribution is -2.26. The first-order valence-electron chi connectivity index (χ1n) is 11.5. The molecule has 0 bridgehead atoms. The summed E-state index contributed by atoms with van der Waals surface area (Å²) in [5, 5.41) is 14.3. The average molecular weight is 451 g/mol. The monoisotopic (exact) mass is 450 g/mol. The number of aromatic nitrogens is 6. The maximum Gasteiger partial charge on any atom is 0.328 e. The third-order valence-electron chi connectivity index (χ3n) is 6.11. The van der Waals surface area contributed by atoms with Crippen LogP contribution in [0.3, 0.4) is 0 Å². The van der Waals surface area contributed by atoms with Crippen LogP contribution in [-0.4, -0.2) is 29.8 Å². The number of nitrogens with zero attached hydrogens (tertiary/aromatic N) is 5. The molecule has 7 heteroatoms. The number of benzene rings is 3. The quantitative estimate of drug-likeness (QED) is 0.381. The molecule has 2 aromatic heterocycles. The van der Waals surface area contributed by atoms with Gasteiger partial charge in [0.15, 0.2) is 5.82 Å². The van der Waals surface area contributed by atoms with Crippen molar-refractivity contribution in [3.63, 3.8) is 0 Å². The van der Waals surface area contributed by atoms with Gasteiger partial charge in [0.05, 0.1) is 6.54 Å². The highest BCUT2D eigenvalue weighted by Gasteiger charge is 2.12. The summed E-state index contributed by atoms with van der Waals surface area (Å²) in [6, 6.07) is 26.6. The van der Waals surface area contributed by atoms with E-state index in [-0.39, 0.29) is 5.69 Å². The van der Waals surface area contributed by atoms with Gasteiger partial charge in [-0.3, -0.25) is 9.13 Å². The third-order valence-corrected chi connectivity index (χ3v) is 6.11. The van der Waals surface area contributed by atoms with Crippen molar-refractivity contribution >= 4 is 0 Å². The van der Waals surface area contributed by atoms with Crippen molar-refractivity contribution in [1.82, 2.24) is 29.8 Å². The molecule has 5 rings (SSSR count). The van der Waals surface area contributed by atoms with Crippen LogP contribution in [0.4, 0.5) is 0 Å². The zero-order valence-corrected chi connectivity index (χ0v) is 19.1. The molecule has 0 unspecified atom stereocenters. The van der Waals surface area contributed by atoms with Crippen molar-refractivity contribution in [2.75, 3.05) is 0 Å². The molecule has 0 fully saturated rings. The summed E-state index contributed by atoms with van der Waals surface area (Å²) in [5.41, 5.74) is 6.47. The normalized spacial score (nSPS) is 11.1. The zero-order chi connectivity index (χ0) is 23.3. The van der Waals surface area contributed by atoms with Crippen molar-refractivity contribution in [3.8, 4) is 22.5 Å². The Morgan fingerprint density at radius 3 is 2.29 bits per heavy atom. The van der Waals surface area contributed by atoms with Crippen molar-refractivity contribution < 1.29 is 0 Å². The number of nitrogens with one attached hydrogen (secondary N) is 1. The molecular formula is C27H26N6O. The van der Waals surface area contributed by atoms with E-state index in [4.69, 9.17) is 0 Å². The van der Waals surface area contributed by atoms with E-state index in [0.717, 1.165) is 40.8 Å². The maximum atomic E-state index is 13.1. The summed E-state index contributed by atoms with van der Waals surface area (Å²) < 4.78 is 3.72. The molecule has 5 aromatic rings. The van der Waals surface area contributed by atoms with E-state index in [0.29, 0.717) is 18.9 Å². The topological polar surface area (TPSA) is 81.4 Å². The predicted octanol–water partition coefficient (Wildman–Crippen LogP) is 4.35. The second-order valence-corrected chi connectivity index (χ2v) is 8.26. The number of H-pyrrole nitrogens is 1. The van der Waals surface area contributed by atoms with Crippen LogP contribution < -0.4 is 5.69 Å². The Balaban J connectivity index is 1.37. The van der Waals surface area contributed by atoms with Crippen LogP contribution in [0, 0.1) is 0 Å². The first-order valence-corrected chi connectivity index (χ1v) is 11.5. The van der Waals surface area contributed by atoms with Crippen LogP contribution in [-0.2, 0) is 25.9 Å². The molecule has 3 aromatic carbocycles. The minimum atomic E-state index is 0.0417. The average Bonchev–Trinajstić information content (AvgIpc) is 3.53. The Morgan fingerprint density at radius 1 is 0.853 bits per heavy atom. The molecule has 170 valence electrons. The summed E-state index contributed by atoms with van der Waals surface area (Å²) in [6.07, 6.45) is 3.65. The first-order chi connectivity index (χ1) is 16.7. The molecule has 0 radical (unpaired) electrons. The molecule has 2 heterocycles. The highest BCUT2D eigenvalue weighted by Crippen LogP contribution is 2.29. The van der Waals surface area contributed by atoms with Crippen LogP contribution in [0.2, 0.25) is 0 Å². The Labute approximate surface area is 197 Å². The highest BCUT2D eigenvalue weighted by molar-refractivity contribution is 5.80. The van der Waals surface area contributed by atoms with Crippen LogP contribution in [0.25, 0.3) is 22.5 Å². The molecule has 0 saturated carbocycles. The van der Waals surface area contributed by atoms with Gasteiger partial charge in [-0.2, -0.15) is 0 Å². The maximum absolute atomic E-state index is 13.1. The van der Waals surface area contributed by atoms with E-state index in [1.807, 2.05) is 51.7 Å². The van der Waals surface area contributed by atoms with Gasteiger partial charge in [0.1, 0.15) is 0 Å². The smallest absolute Gasteiger partial charge is 0.299 e. The molecule has 0 atom stereocenters. The van der Waals surface area contributed by atoms with Crippen LogP contribution in [0.5, 0.6) is 0 Å². The van der Waals surface area contributed by atoms with E-state index in [2.05, 4.69) is 70.0 Å². The number of rotatable bonds is 8. The first kappa shape index (κ1) is 21.6. The van der Waals surface area contributed by atoms with Gasteiger partial charge >= 0.3 is 5.69 Å². The molecule has 0 spiro atoms. The van der Waals surface area contributed by atoms with Crippen LogP contribution >= 0.6 is 0 Å². The van der Waals surface area contributed by atoms with E-state index in [9.17, 15) is 4.79 Å². The standard InChI is InChI=1S/C27H26N6O/c1-2-23-19-32(17-16-20-8-4-3-5-9-20)27(34)33(23)18-21-12-14-22(15-13-21)24-10-6-7-11-25(24)26-28-30-31-29-26/h3-15,19H,2,16-18H2,1H3,(H,28,29,30,31). The largest absolute Gasteiger partial charge is 0.328 e. The second-order valence-electron chi connectivity index (χ2n) is 8.26. The molecule has 0 aliphatic heterocycles. The van der Waals surface area contributed by atoms with E-state index in [1.54, 1.807) is 0 Å². The van der Waals surface area contributed by atoms with Crippen LogP contribution in [0.1, 0.15) is 23.7 Å². The van der Waals surface area contributed by atoms with Gasteiger partial charge in [-0.1, -0.05) is 85.8 Å². The van der Waals surface area contributed by atoms with Crippen molar-refractivity contribution in [1.29, 1.82) is 0 Å². The zero-order valence-electron chi connectivity index (χ0n) is 19.1. The van der Waals surface area contributed by atoms with Gasteiger partial charge in [-0.05, 0) is 45.5 Å². The predicted molar refractivity (Wildman–Crippen MR) is 132 cm³/mol. The third kappa shape index (κ3) is 4.45. The van der Waals surface area contributed by atoms with Gasteiger partial charge in [0.25, 0.3) is 0 Å². The summed E-state index contributed by atoms with van der Waals surface area (Å²) in [7, 11) is 0. The summed E-state index contributed by atoms with van der Waals surface area (Å²) in [5.74, 6) is 0.635. The highest BCUT2D eigenvalue weighted by atomic mass is 16.1. The Morgan fingerprint density at radius 2 is 1.59 bits per heavy atom. The van der Waals surface area contributed by atoms with Crippen molar-refractivity contribution in [3.05, 3.63) is 112 Å². The SMILES string of the molecule is CCc1cn(CCc2ccccc2)c(=O)n1Cc1ccc(-c2ccccc2-c2nnn[nH]2)cc1. The molecule has 1 N–H and O–H groups in total. The second kappa shape index (κ2) is 9.70. The number of hydrogen-bond acceptors (Lipinski definition) is 4. The Hall–Kier alpha value is -4.26. The Bertz CT molecular complexity index is 1420. The molecular weight excluding hydrogens is 424 g/mol. The van der Waals surface area contributed by atoms with Gasteiger partial charge in [-0.15, -0.1) is 5.10 Å². The summed E-state index contributed by atoms with van der Waals surface area (Å²) in [6.45, 7) is 3.31. The lowest BCUT2D eigenvalue weighted by Gasteiger charge is -2.10. The lowest BCUT2D eigenvalue weighted by atomic mass is 9.98. The minimum absolute atomic E-state index is 0.0417.